The Bertz CT molecular complexity index is 1160. The molecule has 1 saturated carbocycles. The number of carbonyl (C=O) groups excluding carboxylic acids is 2. The maximum Gasteiger partial charge on any atom is 0.404 e. The average molecular weight is 556 g/mol. The van der Waals surface area contributed by atoms with Gasteiger partial charge in [0.05, 0.1) is 12.2 Å². The molecule has 39 heavy (non-hydrogen) atoms. The van der Waals surface area contributed by atoms with Crippen LogP contribution in [0.15, 0.2) is 42.5 Å². The van der Waals surface area contributed by atoms with E-state index < -0.39 is 11.7 Å². The molecule has 2 fully saturated rings. The zero-order chi connectivity index (χ0) is 28.0. The minimum Gasteiger partial charge on any atom is -0.450 e. The minimum absolute atomic E-state index is 0.0290. The standard InChI is InChI=1S/C31H42ClN3O4/c1-21-7-3-8-22(17-21)18-26-27(10-4-11-28(26)32)31(38,14-6-16-39-30(33)37)24-9-5-15-35(20-24)29(36)23-12-13-25(19-23)34-2/h3-4,7-8,10-11,17,23-25,34,38H,5-6,9,12-16,18-20H2,1-2H3,(H2,33,37)/t23-,24-,25+,31+/m1/s1. The lowest BCUT2D eigenvalue weighted by Gasteiger charge is -2.44. The highest BCUT2D eigenvalue weighted by molar-refractivity contribution is 6.31. The summed E-state index contributed by atoms with van der Waals surface area (Å²) in [7, 11) is 1.95. The van der Waals surface area contributed by atoms with E-state index in [1.807, 2.05) is 36.2 Å². The van der Waals surface area contributed by atoms with Gasteiger partial charge in [-0.2, -0.15) is 0 Å². The van der Waals surface area contributed by atoms with Crippen molar-refractivity contribution in [2.75, 3.05) is 26.7 Å². The predicted molar refractivity (Wildman–Crippen MR) is 154 cm³/mol. The van der Waals surface area contributed by atoms with Crippen LogP contribution in [0, 0.1) is 18.8 Å². The number of hydrogen-bond donors (Lipinski definition) is 3. The molecule has 0 radical (unpaired) electrons. The van der Waals surface area contributed by atoms with Gasteiger partial charge in [0.1, 0.15) is 0 Å². The highest BCUT2D eigenvalue weighted by atomic mass is 35.5. The van der Waals surface area contributed by atoms with Crippen LogP contribution in [-0.4, -0.2) is 54.8 Å². The van der Waals surface area contributed by atoms with Crippen LogP contribution >= 0.6 is 11.6 Å². The summed E-state index contributed by atoms with van der Waals surface area (Å²) >= 11 is 6.79. The molecular weight excluding hydrogens is 514 g/mol. The molecule has 0 spiro atoms. The van der Waals surface area contributed by atoms with Crippen molar-refractivity contribution in [3.63, 3.8) is 0 Å². The lowest BCUT2D eigenvalue weighted by Crippen LogP contribution is -2.50. The minimum atomic E-state index is -1.26. The molecule has 4 N–H and O–H groups in total. The maximum atomic E-state index is 13.5. The van der Waals surface area contributed by atoms with Crippen molar-refractivity contribution in [3.8, 4) is 0 Å². The van der Waals surface area contributed by atoms with Gasteiger partial charge in [-0.25, -0.2) is 4.79 Å². The SMILES string of the molecule is CN[C@H]1CC[C@@H](C(=O)N2CCC[C@@H]([C@@](O)(CCCOC(N)=O)c3cccc(Cl)c3Cc3cccc(C)c3)C2)C1. The molecule has 1 aliphatic heterocycles. The monoisotopic (exact) mass is 555 g/mol. The van der Waals surface area contributed by atoms with Crippen LogP contribution in [0.25, 0.3) is 0 Å². The number of aryl methyl sites for hydroxylation is 1. The number of ether oxygens (including phenoxy) is 1. The molecule has 7 nitrogen and oxygen atoms in total. The van der Waals surface area contributed by atoms with Gasteiger partial charge in [-0.3, -0.25) is 4.79 Å². The Morgan fingerprint density at radius 3 is 2.72 bits per heavy atom. The number of nitrogens with two attached hydrogens (primary N) is 1. The van der Waals surface area contributed by atoms with Gasteiger partial charge in [-0.15, -0.1) is 0 Å². The third-order valence-corrected chi connectivity index (χ3v) is 8.95. The largest absolute Gasteiger partial charge is 0.450 e. The molecule has 0 aromatic heterocycles. The van der Waals surface area contributed by atoms with Gasteiger partial charge < -0.3 is 25.8 Å². The number of primary amides is 1. The van der Waals surface area contributed by atoms with E-state index in [1.165, 1.54) is 0 Å². The first-order valence-corrected chi connectivity index (χ1v) is 14.5. The van der Waals surface area contributed by atoms with E-state index in [0.29, 0.717) is 43.4 Å². The molecular formula is C31H42ClN3O4. The molecule has 1 saturated heterocycles. The van der Waals surface area contributed by atoms with E-state index in [9.17, 15) is 14.7 Å². The molecule has 4 atom stereocenters. The fourth-order valence-electron chi connectivity index (χ4n) is 6.54. The molecule has 0 unspecified atom stereocenters. The van der Waals surface area contributed by atoms with Gasteiger partial charge in [-0.1, -0.05) is 53.6 Å². The van der Waals surface area contributed by atoms with E-state index in [4.69, 9.17) is 22.1 Å². The van der Waals surface area contributed by atoms with Crippen molar-refractivity contribution in [1.82, 2.24) is 10.2 Å². The number of amides is 2. The number of benzene rings is 2. The second-order valence-corrected chi connectivity index (χ2v) is 11.7. The summed E-state index contributed by atoms with van der Waals surface area (Å²) in [6, 6.07) is 14.4. The van der Waals surface area contributed by atoms with Crippen LogP contribution in [0.1, 0.15) is 67.2 Å². The van der Waals surface area contributed by atoms with Crippen LogP contribution in [0.3, 0.4) is 0 Å². The van der Waals surface area contributed by atoms with E-state index >= 15 is 0 Å². The third-order valence-electron chi connectivity index (χ3n) is 8.59. The molecule has 2 aromatic rings. The summed E-state index contributed by atoms with van der Waals surface area (Å²) in [6.07, 6.45) is 4.94. The predicted octanol–water partition coefficient (Wildman–Crippen LogP) is 4.93. The van der Waals surface area contributed by atoms with Crippen molar-refractivity contribution >= 4 is 23.6 Å². The van der Waals surface area contributed by atoms with Gasteiger partial charge in [0.2, 0.25) is 5.91 Å². The summed E-state index contributed by atoms with van der Waals surface area (Å²) in [4.78, 5) is 26.7. The van der Waals surface area contributed by atoms with E-state index in [2.05, 4.69) is 30.4 Å². The Morgan fingerprint density at radius 1 is 1.21 bits per heavy atom. The Morgan fingerprint density at radius 2 is 2.00 bits per heavy atom. The summed E-state index contributed by atoms with van der Waals surface area (Å²) < 4.78 is 5.00. The van der Waals surface area contributed by atoms with Crippen molar-refractivity contribution in [3.05, 3.63) is 69.7 Å². The quantitative estimate of drug-likeness (QED) is 0.361. The lowest BCUT2D eigenvalue weighted by molar-refractivity contribution is -0.141. The van der Waals surface area contributed by atoms with Gasteiger partial charge >= 0.3 is 6.09 Å². The van der Waals surface area contributed by atoms with Crippen LogP contribution in [0.4, 0.5) is 4.79 Å². The zero-order valence-corrected chi connectivity index (χ0v) is 23.9. The Kier molecular flexibility index (Phi) is 9.91. The Hall–Kier alpha value is -2.61. The summed E-state index contributed by atoms with van der Waals surface area (Å²) in [5.41, 5.74) is 7.87. The topological polar surface area (TPSA) is 105 Å². The number of nitrogens with zero attached hydrogens (tertiary/aromatic N) is 1. The number of piperidine rings is 1. The lowest BCUT2D eigenvalue weighted by atomic mass is 9.72. The van der Waals surface area contributed by atoms with Crippen LogP contribution in [0.2, 0.25) is 5.02 Å². The Labute approximate surface area is 237 Å². The number of nitrogens with one attached hydrogen (secondary N) is 1. The zero-order valence-electron chi connectivity index (χ0n) is 23.1. The first kappa shape index (κ1) is 29.4. The van der Waals surface area contributed by atoms with E-state index in [0.717, 1.165) is 54.4 Å². The molecule has 1 heterocycles. The highest BCUT2D eigenvalue weighted by Crippen LogP contribution is 2.43. The molecule has 4 rings (SSSR count). The molecule has 2 aliphatic rings. The summed E-state index contributed by atoms with van der Waals surface area (Å²) in [5.74, 6) is 0.0456. The van der Waals surface area contributed by atoms with Gasteiger partial charge in [0.25, 0.3) is 0 Å². The number of halogens is 1. The second-order valence-electron chi connectivity index (χ2n) is 11.2. The number of carbonyl (C=O) groups is 2. The van der Waals surface area contributed by atoms with E-state index in [-0.39, 0.29) is 24.3 Å². The third kappa shape index (κ3) is 7.13. The second kappa shape index (κ2) is 13.2. The highest BCUT2D eigenvalue weighted by Gasteiger charge is 2.44. The van der Waals surface area contributed by atoms with E-state index in [1.54, 1.807) is 0 Å². The van der Waals surface area contributed by atoms with Gasteiger partial charge in [-0.05, 0) is 88.1 Å². The first-order valence-electron chi connectivity index (χ1n) is 14.1. The molecule has 8 heteroatoms. The van der Waals surface area contributed by atoms with Crippen molar-refractivity contribution in [1.29, 1.82) is 0 Å². The number of hydrogen-bond acceptors (Lipinski definition) is 5. The fourth-order valence-corrected chi connectivity index (χ4v) is 6.78. The Balaban J connectivity index is 1.63. The van der Waals surface area contributed by atoms with Crippen LogP contribution in [0.5, 0.6) is 0 Å². The maximum absolute atomic E-state index is 13.5. The van der Waals surface area contributed by atoms with Crippen molar-refractivity contribution < 1.29 is 19.4 Å². The number of likely N-dealkylation sites (tertiary alicyclic amines) is 1. The number of rotatable bonds is 10. The molecule has 212 valence electrons. The van der Waals surface area contributed by atoms with Crippen LogP contribution < -0.4 is 11.1 Å². The summed E-state index contributed by atoms with van der Waals surface area (Å²) in [6.45, 7) is 3.38. The number of aliphatic hydroxyl groups is 1. The molecule has 1 aliphatic carbocycles. The fraction of sp³-hybridized carbons (Fsp3) is 0.548. The van der Waals surface area contributed by atoms with Gasteiger partial charge in [0.15, 0.2) is 0 Å². The molecule has 2 amide bonds. The average Bonchev–Trinajstić information content (AvgIpc) is 3.41. The van der Waals surface area contributed by atoms with Crippen molar-refractivity contribution in [2.45, 2.75) is 69.9 Å². The summed E-state index contributed by atoms with van der Waals surface area (Å²) in [5, 5.41) is 16.5. The van der Waals surface area contributed by atoms with Crippen molar-refractivity contribution in [2.24, 2.45) is 17.6 Å². The van der Waals surface area contributed by atoms with Crippen LogP contribution in [-0.2, 0) is 21.6 Å². The molecule has 0 bridgehead atoms. The van der Waals surface area contributed by atoms with Gasteiger partial charge in [0, 0.05) is 36.0 Å². The smallest absolute Gasteiger partial charge is 0.404 e. The first-order chi connectivity index (χ1) is 18.7. The normalized spacial score (nSPS) is 22.9. The molecule has 2 aromatic carbocycles.